The SMILES string of the molecule is FC(F)(F)Oc1cc(Br)ccc1NCC1CCCC1. The average Bonchev–Trinajstić information content (AvgIpc) is 2.78. The number of hydrogen-bond acceptors (Lipinski definition) is 2. The van der Waals surface area contributed by atoms with Crippen LogP contribution in [0.3, 0.4) is 0 Å². The lowest BCUT2D eigenvalue weighted by Crippen LogP contribution is -2.19. The standard InChI is InChI=1S/C13H15BrF3NO/c14-10-5-6-11(12(7-10)19-13(15,16)17)18-8-9-3-1-2-4-9/h5-7,9,18H,1-4,8H2. The third-order valence-electron chi connectivity index (χ3n) is 3.23. The van der Waals surface area contributed by atoms with Crippen LogP contribution in [0.25, 0.3) is 0 Å². The summed E-state index contributed by atoms with van der Waals surface area (Å²) in [4.78, 5) is 0. The highest BCUT2D eigenvalue weighted by atomic mass is 79.9. The van der Waals surface area contributed by atoms with E-state index in [4.69, 9.17) is 0 Å². The van der Waals surface area contributed by atoms with Crippen molar-refractivity contribution in [1.82, 2.24) is 0 Å². The van der Waals surface area contributed by atoms with Gasteiger partial charge in [0, 0.05) is 11.0 Å². The number of alkyl halides is 3. The maximum atomic E-state index is 12.3. The van der Waals surface area contributed by atoms with Crippen LogP contribution in [-0.4, -0.2) is 12.9 Å². The van der Waals surface area contributed by atoms with E-state index in [0.29, 0.717) is 22.6 Å². The molecule has 6 heteroatoms. The predicted octanol–water partition coefficient (Wildman–Crippen LogP) is 4.95. The Hall–Kier alpha value is -0.910. The van der Waals surface area contributed by atoms with Crippen molar-refractivity contribution in [3.63, 3.8) is 0 Å². The van der Waals surface area contributed by atoms with Crippen LogP contribution in [-0.2, 0) is 0 Å². The lowest BCUT2D eigenvalue weighted by atomic mass is 10.1. The molecule has 0 radical (unpaired) electrons. The molecule has 0 bridgehead atoms. The highest BCUT2D eigenvalue weighted by Crippen LogP contribution is 2.34. The molecule has 0 aliphatic heterocycles. The van der Waals surface area contributed by atoms with Crippen LogP contribution in [0.1, 0.15) is 25.7 Å². The molecule has 0 saturated heterocycles. The van der Waals surface area contributed by atoms with Crippen molar-refractivity contribution in [1.29, 1.82) is 0 Å². The number of anilines is 1. The van der Waals surface area contributed by atoms with E-state index in [-0.39, 0.29) is 5.75 Å². The lowest BCUT2D eigenvalue weighted by Gasteiger charge is -2.17. The van der Waals surface area contributed by atoms with Gasteiger partial charge in [-0.25, -0.2) is 0 Å². The van der Waals surface area contributed by atoms with Crippen LogP contribution < -0.4 is 10.1 Å². The van der Waals surface area contributed by atoms with E-state index in [1.165, 1.54) is 18.9 Å². The third-order valence-corrected chi connectivity index (χ3v) is 3.72. The minimum Gasteiger partial charge on any atom is -0.404 e. The van der Waals surface area contributed by atoms with Gasteiger partial charge in [-0.2, -0.15) is 0 Å². The Morgan fingerprint density at radius 2 is 1.95 bits per heavy atom. The maximum Gasteiger partial charge on any atom is 0.573 e. The van der Waals surface area contributed by atoms with E-state index >= 15 is 0 Å². The summed E-state index contributed by atoms with van der Waals surface area (Å²) in [6, 6.07) is 4.62. The van der Waals surface area contributed by atoms with Gasteiger partial charge in [-0.05, 0) is 37.0 Å². The second kappa shape index (κ2) is 6.03. The molecule has 0 aromatic heterocycles. The molecule has 0 atom stereocenters. The van der Waals surface area contributed by atoms with E-state index in [1.54, 1.807) is 12.1 Å². The van der Waals surface area contributed by atoms with Gasteiger partial charge in [0.05, 0.1) is 5.69 Å². The van der Waals surface area contributed by atoms with Gasteiger partial charge in [-0.1, -0.05) is 28.8 Å². The summed E-state index contributed by atoms with van der Waals surface area (Å²) >= 11 is 3.15. The molecule has 1 N–H and O–H groups in total. The largest absolute Gasteiger partial charge is 0.573 e. The summed E-state index contributed by atoms with van der Waals surface area (Å²) in [6.45, 7) is 0.690. The van der Waals surface area contributed by atoms with Crippen LogP contribution >= 0.6 is 15.9 Å². The summed E-state index contributed by atoms with van der Waals surface area (Å²) in [5.74, 6) is 0.349. The van der Waals surface area contributed by atoms with Crippen molar-refractivity contribution in [2.24, 2.45) is 5.92 Å². The fraction of sp³-hybridized carbons (Fsp3) is 0.538. The van der Waals surface area contributed by atoms with Gasteiger partial charge in [0.2, 0.25) is 0 Å². The minimum absolute atomic E-state index is 0.195. The van der Waals surface area contributed by atoms with Crippen molar-refractivity contribution in [3.05, 3.63) is 22.7 Å². The first kappa shape index (κ1) is 14.5. The number of ether oxygens (including phenoxy) is 1. The molecule has 0 amide bonds. The van der Waals surface area contributed by atoms with Crippen LogP contribution in [0.5, 0.6) is 5.75 Å². The molecule has 1 fully saturated rings. The minimum atomic E-state index is -4.68. The van der Waals surface area contributed by atoms with Gasteiger partial charge in [0.25, 0.3) is 0 Å². The Bertz CT molecular complexity index is 430. The second-order valence-corrected chi connectivity index (χ2v) is 5.64. The van der Waals surface area contributed by atoms with Crippen molar-refractivity contribution >= 4 is 21.6 Å². The molecule has 0 spiro atoms. The zero-order valence-electron chi connectivity index (χ0n) is 10.3. The van der Waals surface area contributed by atoms with Gasteiger partial charge in [-0.3, -0.25) is 0 Å². The molecule has 2 rings (SSSR count). The molecule has 1 aliphatic rings. The summed E-state index contributed by atoms with van der Waals surface area (Å²) in [5, 5.41) is 3.06. The topological polar surface area (TPSA) is 21.3 Å². The van der Waals surface area contributed by atoms with Crippen molar-refractivity contribution in [2.75, 3.05) is 11.9 Å². The number of nitrogens with one attached hydrogen (secondary N) is 1. The Labute approximate surface area is 118 Å². The fourth-order valence-electron chi connectivity index (χ4n) is 2.32. The summed E-state index contributed by atoms with van der Waals surface area (Å²) in [7, 11) is 0. The Kier molecular flexibility index (Phi) is 4.60. The van der Waals surface area contributed by atoms with E-state index in [2.05, 4.69) is 26.0 Å². The van der Waals surface area contributed by atoms with Crippen LogP contribution in [0.4, 0.5) is 18.9 Å². The summed E-state index contributed by atoms with van der Waals surface area (Å²) in [5.41, 5.74) is 0.382. The van der Waals surface area contributed by atoms with Gasteiger partial charge < -0.3 is 10.1 Å². The number of benzene rings is 1. The highest BCUT2D eigenvalue weighted by molar-refractivity contribution is 9.10. The second-order valence-electron chi connectivity index (χ2n) is 4.72. The van der Waals surface area contributed by atoms with Crippen molar-refractivity contribution < 1.29 is 17.9 Å². The first-order valence-corrected chi connectivity index (χ1v) is 7.02. The molecule has 2 nitrogen and oxygen atoms in total. The third kappa shape index (κ3) is 4.60. The van der Waals surface area contributed by atoms with Gasteiger partial charge in [0.1, 0.15) is 0 Å². The molecular formula is C13H15BrF3NO. The molecule has 0 heterocycles. The molecule has 19 heavy (non-hydrogen) atoms. The van der Waals surface area contributed by atoms with Gasteiger partial charge in [0.15, 0.2) is 5.75 Å². The molecule has 1 saturated carbocycles. The molecule has 106 valence electrons. The van der Waals surface area contributed by atoms with Crippen LogP contribution in [0.15, 0.2) is 22.7 Å². The highest BCUT2D eigenvalue weighted by Gasteiger charge is 2.32. The molecule has 1 aliphatic carbocycles. The van der Waals surface area contributed by atoms with Crippen LogP contribution in [0.2, 0.25) is 0 Å². The van der Waals surface area contributed by atoms with E-state index in [0.717, 1.165) is 12.8 Å². The molecule has 1 aromatic rings. The maximum absolute atomic E-state index is 12.3. The Balaban J connectivity index is 2.05. The van der Waals surface area contributed by atoms with E-state index in [1.807, 2.05) is 0 Å². The van der Waals surface area contributed by atoms with Crippen molar-refractivity contribution in [2.45, 2.75) is 32.0 Å². The van der Waals surface area contributed by atoms with Crippen molar-refractivity contribution in [3.8, 4) is 5.75 Å². The quantitative estimate of drug-likeness (QED) is 0.839. The summed E-state index contributed by atoms with van der Waals surface area (Å²) in [6.07, 6.45) is 0.0136. The van der Waals surface area contributed by atoms with E-state index in [9.17, 15) is 13.2 Å². The fourth-order valence-corrected chi connectivity index (χ4v) is 2.66. The Morgan fingerprint density at radius 3 is 2.58 bits per heavy atom. The number of rotatable bonds is 4. The first-order chi connectivity index (χ1) is 8.94. The first-order valence-electron chi connectivity index (χ1n) is 6.23. The van der Waals surface area contributed by atoms with E-state index < -0.39 is 6.36 Å². The lowest BCUT2D eigenvalue weighted by molar-refractivity contribution is -0.274. The average molecular weight is 338 g/mol. The Morgan fingerprint density at radius 1 is 1.26 bits per heavy atom. The zero-order chi connectivity index (χ0) is 13.9. The monoisotopic (exact) mass is 337 g/mol. The molecule has 1 aromatic carbocycles. The zero-order valence-corrected chi connectivity index (χ0v) is 11.9. The molecule has 0 unspecified atom stereocenters. The normalized spacial score (nSPS) is 16.6. The smallest absolute Gasteiger partial charge is 0.404 e. The molecular weight excluding hydrogens is 323 g/mol. The van der Waals surface area contributed by atoms with Gasteiger partial charge >= 0.3 is 6.36 Å². The number of hydrogen-bond donors (Lipinski definition) is 1. The van der Waals surface area contributed by atoms with Crippen LogP contribution in [0, 0.1) is 5.92 Å². The predicted molar refractivity (Wildman–Crippen MR) is 71.3 cm³/mol. The van der Waals surface area contributed by atoms with Gasteiger partial charge in [-0.15, -0.1) is 13.2 Å². The number of halogens is 4. The summed E-state index contributed by atoms with van der Waals surface area (Å²) < 4.78 is 41.6.